The summed E-state index contributed by atoms with van der Waals surface area (Å²) < 4.78 is 61.9. The lowest BCUT2D eigenvalue weighted by Gasteiger charge is -2.17. The molecule has 1 atom stereocenters. The molecule has 20 heavy (non-hydrogen) atoms. The molecule has 0 saturated heterocycles. The number of carbonyl (C=O) groups excluding carboxylic acids is 1. The summed E-state index contributed by atoms with van der Waals surface area (Å²) in [5, 5.41) is -2.48. The first-order chi connectivity index (χ1) is 9.12. The molecule has 0 fully saturated rings. The summed E-state index contributed by atoms with van der Waals surface area (Å²) in [7, 11) is -5.27. The maximum absolute atomic E-state index is 13.2. The van der Waals surface area contributed by atoms with Crippen molar-refractivity contribution in [2.75, 3.05) is 11.2 Å². The predicted octanol–water partition coefficient (Wildman–Crippen LogP) is 2.76. The quantitative estimate of drug-likeness (QED) is 0.831. The van der Waals surface area contributed by atoms with Crippen molar-refractivity contribution in [3.63, 3.8) is 0 Å². The fourth-order valence-corrected chi connectivity index (χ4v) is 2.65. The Bertz CT molecular complexity index is 590. The fraction of sp³-hybridized carbons (Fsp3) is 0.300. The number of hydrogen-bond donors (Lipinski definition) is 1. The number of anilines is 1. The first kappa shape index (κ1) is 17.1. The number of sulfone groups is 1. The van der Waals surface area contributed by atoms with Crippen LogP contribution in [0.4, 0.5) is 18.9 Å². The maximum Gasteiger partial charge on any atom is 0.393 e. The molecule has 0 aliphatic carbocycles. The molecule has 10 heteroatoms. The standard InChI is InChI=1S/C10H8Cl2F3NO3S/c11-5-8(17)16-6-1-3-7(4-2-6)20(18,19)10(14,15)9(12)13/h1-4,9H,5H2,(H,16,17). The Morgan fingerprint density at radius 1 is 1.30 bits per heavy atom. The van der Waals surface area contributed by atoms with Crippen LogP contribution in [0.5, 0.6) is 0 Å². The van der Waals surface area contributed by atoms with E-state index in [1.807, 2.05) is 0 Å². The molecule has 0 bridgehead atoms. The normalized spacial score (nSPS) is 13.8. The summed E-state index contributed by atoms with van der Waals surface area (Å²) in [4.78, 5) is 10.1. The molecule has 4 nitrogen and oxygen atoms in total. The van der Waals surface area contributed by atoms with Gasteiger partial charge in [0.15, 0.2) is 0 Å². The lowest BCUT2D eigenvalue weighted by Crippen LogP contribution is -2.35. The Hall–Kier alpha value is -0.990. The topological polar surface area (TPSA) is 63.2 Å². The van der Waals surface area contributed by atoms with Gasteiger partial charge in [-0.3, -0.25) is 4.79 Å². The molecule has 112 valence electrons. The van der Waals surface area contributed by atoms with E-state index in [0.717, 1.165) is 24.3 Å². The molecule has 0 aliphatic rings. The Kier molecular flexibility index (Phi) is 5.28. The van der Waals surface area contributed by atoms with Gasteiger partial charge in [0.05, 0.1) is 4.90 Å². The molecule has 0 heterocycles. The van der Waals surface area contributed by atoms with Crippen LogP contribution in [0, 0.1) is 0 Å². The highest BCUT2D eigenvalue weighted by molar-refractivity contribution is 7.92. The zero-order valence-corrected chi connectivity index (χ0v) is 11.9. The van der Waals surface area contributed by atoms with Gasteiger partial charge in [-0.15, -0.1) is 11.6 Å². The molecule has 0 radical (unpaired) electrons. The van der Waals surface area contributed by atoms with Crippen LogP contribution >= 0.6 is 23.2 Å². The van der Waals surface area contributed by atoms with Crippen molar-refractivity contribution >= 4 is 44.6 Å². The van der Waals surface area contributed by atoms with Gasteiger partial charge in [0.2, 0.25) is 15.7 Å². The van der Waals surface area contributed by atoms with Crippen molar-refractivity contribution in [1.82, 2.24) is 0 Å². The molecule has 0 spiro atoms. The van der Waals surface area contributed by atoms with Gasteiger partial charge in [-0.25, -0.2) is 12.8 Å². The van der Waals surface area contributed by atoms with Crippen molar-refractivity contribution in [2.45, 2.75) is 15.8 Å². The lowest BCUT2D eigenvalue weighted by atomic mass is 10.3. The van der Waals surface area contributed by atoms with E-state index >= 15 is 0 Å². The third-order valence-electron chi connectivity index (χ3n) is 2.18. The van der Waals surface area contributed by atoms with Crippen LogP contribution in [-0.2, 0) is 14.6 Å². The van der Waals surface area contributed by atoms with Crippen LogP contribution in [0.25, 0.3) is 0 Å². The Morgan fingerprint density at radius 2 is 1.80 bits per heavy atom. The summed E-state index contributed by atoms with van der Waals surface area (Å²) in [6.07, 6.45) is 0. The SMILES string of the molecule is O=C(CCl)Nc1ccc(S(=O)(=O)C(F)(F)C(F)Cl)cc1. The summed E-state index contributed by atoms with van der Waals surface area (Å²) in [5.74, 6) is -0.884. The van der Waals surface area contributed by atoms with Crippen molar-refractivity contribution < 1.29 is 26.4 Å². The molecular formula is C10H8Cl2F3NO3S. The molecule has 1 aromatic carbocycles. The third kappa shape index (κ3) is 3.36. The summed E-state index contributed by atoms with van der Waals surface area (Å²) in [6.45, 7) is 0. The Morgan fingerprint density at radius 3 is 2.20 bits per heavy atom. The highest BCUT2D eigenvalue weighted by atomic mass is 35.5. The van der Waals surface area contributed by atoms with Crippen LogP contribution in [0.15, 0.2) is 29.2 Å². The van der Waals surface area contributed by atoms with Crippen LogP contribution in [0.1, 0.15) is 0 Å². The molecule has 1 amide bonds. The van der Waals surface area contributed by atoms with Crippen LogP contribution < -0.4 is 5.32 Å². The van der Waals surface area contributed by atoms with E-state index in [0.29, 0.717) is 0 Å². The molecule has 0 saturated carbocycles. The second-order valence-corrected chi connectivity index (χ2v) is 6.25. The van der Waals surface area contributed by atoms with Crippen molar-refractivity contribution in [1.29, 1.82) is 0 Å². The lowest BCUT2D eigenvalue weighted by molar-refractivity contribution is -0.113. The summed E-state index contributed by atoms with van der Waals surface area (Å²) in [6, 6.07) is 3.72. The molecule has 1 rings (SSSR count). The number of alkyl halides is 5. The van der Waals surface area contributed by atoms with Gasteiger partial charge in [0.1, 0.15) is 5.88 Å². The van der Waals surface area contributed by atoms with Gasteiger partial charge in [0, 0.05) is 5.69 Å². The van der Waals surface area contributed by atoms with Gasteiger partial charge in [-0.1, -0.05) is 11.6 Å². The number of carbonyl (C=O) groups is 1. The highest BCUT2D eigenvalue weighted by Crippen LogP contribution is 2.35. The highest BCUT2D eigenvalue weighted by Gasteiger charge is 2.53. The van der Waals surface area contributed by atoms with E-state index in [-0.39, 0.29) is 11.6 Å². The van der Waals surface area contributed by atoms with Crippen molar-refractivity contribution in [3.05, 3.63) is 24.3 Å². The number of halogens is 5. The van der Waals surface area contributed by atoms with E-state index in [2.05, 4.69) is 16.9 Å². The number of rotatable bonds is 5. The molecule has 0 aromatic heterocycles. The number of nitrogens with one attached hydrogen (secondary N) is 1. The molecule has 0 aliphatic heterocycles. The van der Waals surface area contributed by atoms with Gasteiger partial charge in [0.25, 0.3) is 5.63 Å². The molecule has 1 N–H and O–H groups in total. The first-order valence-corrected chi connectivity index (χ1v) is 7.45. The van der Waals surface area contributed by atoms with E-state index < -0.39 is 31.5 Å². The van der Waals surface area contributed by atoms with E-state index in [4.69, 9.17) is 11.6 Å². The predicted molar refractivity (Wildman–Crippen MR) is 68.7 cm³/mol. The minimum Gasteiger partial charge on any atom is -0.325 e. The first-order valence-electron chi connectivity index (χ1n) is 4.99. The molecular weight excluding hydrogens is 342 g/mol. The van der Waals surface area contributed by atoms with Crippen LogP contribution in [0.3, 0.4) is 0 Å². The molecule has 1 aromatic rings. The van der Waals surface area contributed by atoms with E-state index in [1.165, 1.54) is 0 Å². The Balaban J connectivity index is 3.08. The number of benzene rings is 1. The minimum atomic E-state index is -5.27. The zero-order chi connectivity index (χ0) is 15.6. The van der Waals surface area contributed by atoms with Crippen molar-refractivity contribution in [2.24, 2.45) is 0 Å². The summed E-state index contributed by atoms with van der Waals surface area (Å²) in [5.41, 5.74) is -3.22. The second kappa shape index (κ2) is 6.19. The monoisotopic (exact) mass is 349 g/mol. The van der Waals surface area contributed by atoms with Crippen molar-refractivity contribution in [3.8, 4) is 0 Å². The van der Waals surface area contributed by atoms with E-state index in [1.54, 1.807) is 0 Å². The smallest absolute Gasteiger partial charge is 0.325 e. The van der Waals surface area contributed by atoms with Crippen LogP contribution in [0.2, 0.25) is 0 Å². The third-order valence-corrected chi connectivity index (χ3v) is 4.64. The second-order valence-electron chi connectivity index (χ2n) is 3.57. The summed E-state index contributed by atoms with van der Waals surface area (Å²) >= 11 is 9.79. The van der Waals surface area contributed by atoms with Gasteiger partial charge in [-0.05, 0) is 24.3 Å². The number of hydrogen-bond acceptors (Lipinski definition) is 3. The Labute approximate surface area is 122 Å². The van der Waals surface area contributed by atoms with Crippen LogP contribution in [-0.4, -0.2) is 31.1 Å². The maximum atomic E-state index is 13.2. The fourth-order valence-electron chi connectivity index (χ4n) is 1.19. The van der Waals surface area contributed by atoms with E-state index in [9.17, 15) is 26.4 Å². The average Bonchev–Trinajstić information content (AvgIpc) is 2.38. The van der Waals surface area contributed by atoms with Gasteiger partial charge < -0.3 is 5.32 Å². The molecule has 1 unspecified atom stereocenters. The number of amides is 1. The minimum absolute atomic E-state index is 0.153. The van der Waals surface area contributed by atoms with Gasteiger partial charge in [-0.2, -0.15) is 8.78 Å². The zero-order valence-electron chi connectivity index (χ0n) is 9.62. The van der Waals surface area contributed by atoms with Gasteiger partial charge >= 0.3 is 5.25 Å². The largest absolute Gasteiger partial charge is 0.393 e. The average molecular weight is 350 g/mol.